The molecule has 0 aliphatic heterocycles. The third-order valence-electron chi connectivity index (χ3n) is 3.14. The second-order valence-electron chi connectivity index (χ2n) is 6.16. The van der Waals surface area contributed by atoms with Gasteiger partial charge in [0.2, 0.25) is 0 Å². The molecule has 2 rings (SSSR count). The minimum atomic E-state index is -0.564. The molecule has 1 N–H and O–H groups in total. The van der Waals surface area contributed by atoms with E-state index in [1.54, 1.807) is 11.3 Å². The first-order chi connectivity index (χ1) is 9.25. The lowest BCUT2D eigenvalue weighted by Crippen LogP contribution is -2.12. The van der Waals surface area contributed by atoms with Gasteiger partial charge >= 0.3 is 0 Å². The highest BCUT2D eigenvalue weighted by Crippen LogP contribution is 2.28. The Kier molecular flexibility index (Phi) is 4.52. The van der Waals surface area contributed by atoms with Gasteiger partial charge in [-0.05, 0) is 30.2 Å². The average molecular weight is 310 g/mol. The molecular weight excluding hydrogens is 290 g/mol. The van der Waals surface area contributed by atoms with Crippen LogP contribution >= 0.6 is 22.9 Å². The van der Waals surface area contributed by atoms with E-state index in [4.69, 9.17) is 11.6 Å². The number of hydrogen-bond donors (Lipinski definition) is 1. The summed E-state index contributed by atoms with van der Waals surface area (Å²) in [7, 11) is 0. The molecule has 108 valence electrons. The predicted octanol–water partition coefficient (Wildman–Crippen LogP) is 4.68. The van der Waals surface area contributed by atoms with Crippen LogP contribution in [0.25, 0.3) is 0 Å². The zero-order chi connectivity index (χ0) is 14.9. The van der Waals surface area contributed by atoms with Crippen LogP contribution in [-0.2, 0) is 11.8 Å². The van der Waals surface area contributed by atoms with Gasteiger partial charge in [0.15, 0.2) is 0 Å². The van der Waals surface area contributed by atoms with Gasteiger partial charge in [-0.3, -0.25) is 0 Å². The van der Waals surface area contributed by atoms with E-state index in [1.807, 2.05) is 25.1 Å². The lowest BCUT2D eigenvalue weighted by atomic mass is 9.93. The molecule has 0 amide bonds. The van der Waals surface area contributed by atoms with Crippen LogP contribution in [0.5, 0.6) is 0 Å². The zero-order valence-electron chi connectivity index (χ0n) is 12.3. The van der Waals surface area contributed by atoms with E-state index in [0.717, 1.165) is 21.8 Å². The number of benzene rings is 1. The second kappa shape index (κ2) is 5.84. The van der Waals surface area contributed by atoms with Crippen molar-refractivity contribution in [2.45, 2.75) is 45.6 Å². The van der Waals surface area contributed by atoms with Crippen molar-refractivity contribution >= 4 is 22.9 Å². The molecule has 0 aliphatic rings. The maximum Gasteiger partial charge on any atom is 0.0957 e. The van der Waals surface area contributed by atoms with Gasteiger partial charge in [-0.1, -0.05) is 38.4 Å². The van der Waals surface area contributed by atoms with Crippen LogP contribution in [0.4, 0.5) is 0 Å². The summed E-state index contributed by atoms with van der Waals surface area (Å²) < 4.78 is 0. The normalized spacial score (nSPS) is 13.5. The molecule has 1 aromatic carbocycles. The fourth-order valence-corrected chi connectivity index (χ4v) is 3.35. The van der Waals surface area contributed by atoms with E-state index < -0.39 is 6.10 Å². The molecule has 1 aromatic heterocycles. The number of aliphatic hydroxyl groups excluding tert-OH is 1. The van der Waals surface area contributed by atoms with E-state index in [0.29, 0.717) is 11.4 Å². The molecule has 0 spiro atoms. The maximum atomic E-state index is 10.3. The molecule has 2 aromatic rings. The maximum absolute atomic E-state index is 10.3. The van der Waals surface area contributed by atoms with Gasteiger partial charge in [0.25, 0.3) is 0 Å². The first-order valence-corrected chi connectivity index (χ1v) is 7.91. The Balaban J connectivity index is 2.15. The highest BCUT2D eigenvalue weighted by Gasteiger charge is 2.19. The molecular formula is C16H20ClNOS. The molecule has 0 fully saturated rings. The monoisotopic (exact) mass is 309 g/mol. The number of rotatable bonds is 3. The van der Waals surface area contributed by atoms with Gasteiger partial charge in [0.05, 0.1) is 16.8 Å². The van der Waals surface area contributed by atoms with E-state index >= 15 is 0 Å². The Morgan fingerprint density at radius 1 is 1.30 bits per heavy atom. The number of thiazole rings is 1. The molecule has 1 unspecified atom stereocenters. The van der Waals surface area contributed by atoms with Crippen molar-refractivity contribution in [3.63, 3.8) is 0 Å². The van der Waals surface area contributed by atoms with Gasteiger partial charge in [-0.25, -0.2) is 4.98 Å². The smallest absolute Gasteiger partial charge is 0.0957 e. The first-order valence-electron chi connectivity index (χ1n) is 6.66. The van der Waals surface area contributed by atoms with Crippen LogP contribution in [0, 0.1) is 6.92 Å². The Morgan fingerprint density at radius 2 is 2.00 bits per heavy atom. The zero-order valence-corrected chi connectivity index (χ0v) is 13.8. The minimum absolute atomic E-state index is 0.0480. The number of aliphatic hydroxyl groups is 1. The summed E-state index contributed by atoms with van der Waals surface area (Å²) in [6.07, 6.45) is -0.0352. The second-order valence-corrected chi connectivity index (χ2v) is 7.54. The van der Waals surface area contributed by atoms with Crippen molar-refractivity contribution in [1.82, 2.24) is 4.98 Å². The summed E-state index contributed by atoms with van der Waals surface area (Å²) in [6, 6.07) is 5.67. The van der Waals surface area contributed by atoms with Crippen molar-refractivity contribution < 1.29 is 5.11 Å². The van der Waals surface area contributed by atoms with Crippen LogP contribution in [0.1, 0.15) is 48.7 Å². The molecule has 2 nitrogen and oxygen atoms in total. The van der Waals surface area contributed by atoms with Gasteiger partial charge in [-0.2, -0.15) is 0 Å². The molecule has 0 saturated heterocycles. The van der Waals surface area contributed by atoms with Crippen molar-refractivity contribution in [1.29, 1.82) is 0 Å². The fraction of sp³-hybridized carbons (Fsp3) is 0.438. The van der Waals surface area contributed by atoms with Gasteiger partial charge in [-0.15, -0.1) is 11.3 Å². The lowest BCUT2D eigenvalue weighted by Gasteiger charge is -2.14. The van der Waals surface area contributed by atoms with E-state index in [1.165, 1.54) is 0 Å². The SMILES string of the molecule is Cc1cc(Cl)cc(C(O)Cc2nc(C(C)(C)C)cs2)c1. The average Bonchev–Trinajstić information content (AvgIpc) is 2.75. The van der Waals surface area contributed by atoms with E-state index in [9.17, 15) is 5.11 Å². The molecule has 0 aliphatic carbocycles. The van der Waals surface area contributed by atoms with Crippen molar-refractivity contribution in [3.8, 4) is 0 Å². The fourth-order valence-electron chi connectivity index (χ4n) is 1.99. The summed E-state index contributed by atoms with van der Waals surface area (Å²) in [5.41, 5.74) is 3.03. The number of aromatic nitrogens is 1. The van der Waals surface area contributed by atoms with Gasteiger partial charge < -0.3 is 5.11 Å². The molecule has 0 saturated carbocycles. The topological polar surface area (TPSA) is 33.1 Å². The van der Waals surface area contributed by atoms with Crippen molar-refractivity contribution in [3.05, 3.63) is 50.4 Å². The highest BCUT2D eigenvalue weighted by molar-refractivity contribution is 7.09. The van der Waals surface area contributed by atoms with Crippen LogP contribution in [0.15, 0.2) is 23.6 Å². The third-order valence-corrected chi connectivity index (χ3v) is 4.23. The standard InChI is InChI=1S/C16H20ClNOS/c1-10-5-11(7-12(17)6-10)13(19)8-15-18-14(9-20-15)16(2,3)4/h5-7,9,13,19H,8H2,1-4H3. The highest BCUT2D eigenvalue weighted by atomic mass is 35.5. The van der Waals surface area contributed by atoms with E-state index in [2.05, 4.69) is 31.1 Å². The van der Waals surface area contributed by atoms with E-state index in [-0.39, 0.29) is 5.41 Å². The first kappa shape index (κ1) is 15.5. The Hall–Kier alpha value is -0.900. The van der Waals surface area contributed by atoms with Crippen molar-refractivity contribution in [2.24, 2.45) is 0 Å². The van der Waals surface area contributed by atoms with Crippen LogP contribution in [0.2, 0.25) is 5.02 Å². The summed E-state index contributed by atoms with van der Waals surface area (Å²) >= 11 is 7.64. The van der Waals surface area contributed by atoms with Crippen LogP contribution < -0.4 is 0 Å². The summed E-state index contributed by atoms with van der Waals surface area (Å²) in [4.78, 5) is 4.62. The number of aryl methyl sites for hydroxylation is 1. The Labute approximate surface area is 129 Å². The molecule has 1 heterocycles. The quantitative estimate of drug-likeness (QED) is 0.893. The van der Waals surface area contributed by atoms with Gasteiger partial charge in [0.1, 0.15) is 0 Å². The predicted molar refractivity (Wildman–Crippen MR) is 85.7 cm³/mol. The number of nitrogens with zero attached hydrogens (tertiary/aromatic N) is 1. The number of hydrogen-bond acceptors (Lipinski definition) is 3. The molecule has 0 bridgehead atoms. The van der Waals surface area contributed by atoms with Crippen molar-refractivity contribution in [2.75, 3.05) is 0 Å². The molecule has 20 heavy (non-hydrogen) atoms. The largest absolute Gasteiger partial charge is 0.388 e. The van der Waals surface area contributed by atoms with Crippen LogP contribution in [-0.4, -0.2) is 10.1 Å². The molecule has 1 atom stereocenters. The summed E-state index contributed by atoms with van der Waals surface area (Å²) in [5, 5.41) is 14.0. The third kappa shape index (κ3) is 3.81. The Bertz CT molecular complexity index is 581. The lowest BCUT2D eigenvalue weighted by molar-refractivity contribution is 0.178. The summed E-state index contributed by atoms with van der Waals surface area (Å²) in [5.74, 6) is 0. The Morgan fingerprint density at radius 3 is 2.55 bits per heavy atom. The van der Waals surface area contributed by atoms with Gasteiger partial charge in [0, 0.05) is 22.2 Å². The number of halogens is 1. The summed E-state index contributed by atoms with van der Waals surface area (Å²) in [6.45, 7) is 8.40. The molecule has 4 heteroatoms. The minimum Gasteiger partial charge on any atom is -0.388 e. The molecule has 0 radical (unpaired) electrons. The van der Waals surface area contributed by atoms with Crippen LogP contribution in [0.3, 0.4) is 0 Å².